The van der Waals surface area contributed by atoms with Crippen LogP contribution in [0.2, 0.25) is 0 Å². The molecule has 0 aliphatic carbocycles. The summed E-state index contributed by atoms with van der Waals surface area (Å²) in [5, 5.41) is 7.38. The van der Waals surface area contributed by atoms with Crippen molar-refractivity contribution in [2.24, 2.45) is 0 Å². The smallest absolute Gasteiger partial charge is 0.360 e. The average Bonchev–Trinajstić information content (AvgIpc) is 2.52. The molecule has 0 saturated heterocycles. The van der Waals surface area contributed by atoms with Gasteiger partial charge in [0.15, 0.2) is 5.69 Å². The maximum absolute atomic E-state index is 10.9. The molecule has 1 aromatic rings. The second-order valence-corrected chi connectivity index (χ2v) is 2.36. The highest BCUT2D eigenvalue weighted by atomic mass is 16.5. The van der Waals surface area contributed by atoms with Gasteiger partial charge in [-0.15, -0.1) is 5.10 Å². The molecule has 0 amide bonds. The van der Waals surface area contributed by atoms with E-state index in [1.807, 2.05) is 6.92 Å². The summed E-state index contributed by atoms with van der Waals surface area (Å²) in [6, 6.07) is 0. The molecule has 0 N–H and O–H groups in total. The first-order chi connectivity index (χ1) is 5.77. The zero-order valence-corrected chi connectivity index (χ0v) is 7.15. The van der Waals surface area contributed by atoms with Gasteiger partial charge in [-0.05, 0) is 6.42 Å². The first-order valence-electron chi connectivity index (χ1n) is 3.76. The number of carbonyl (C=O) groups excluding carboxylic acids is 1. The van der Waals surface area contributed by atoms with E-state index < -0.39 is 5.97 Å². The molecule has 12 heavy (non-hydrogen) atoms. The summed E-state index contributed by atoms with van der Waals surface area (Å²) in [5.74, 6) is -0.447. The highest BCUT2D eigenvalue weighted by Gasteiger charge is 2.09. The molecule has 0 radical (unpaired) electrons. The number of esters is 1. The van der Waals surface area contributed by atoms with Gasteiger partial charge in [0.2, 0.25) is 0 Å². The Hall–Kier alpha value is -1.39. The SMILES string of the molecule is CCCn1cc(C(=O)OC)nn1. The van der Waals surface area contributed by atoms with Gasteiger partial charge in [0, 0.05) is 6.54 Å². The molecule has 0 atom stereocenters. The molecule has 5 heteroatoms. The van der Waals surface area contributed by atoms with Crippen molar-refractivity contribution < 1.29 is 9.53 Å². The van der Waals surface area contributed by atoms with E-state index in [-0.39, 0.29) is 5.69 Å². The molecule has 1 heterocycles. The monoisotopic (exact) mass is 169 g/mol. The number of carbonyl (C=O) groups is 1. The molecule has 0 spiro atoms. The Kier molecular flexibility index (Phi) is 2.79. The summed E-state index contributed by atoms with van der Waals surface area (Å²) in [6.07, 6.45) is 2.54. The van der Waals surface area contributed by atoms with E-state index in [0.29, 0.717) is 0 Å². The molecule has 1 rings (SSSR count). The highest BCUT2D eigenvalue weighted by Crippen LogP contribution is 1.95. The van der Waals surface area contributed by atoms with Gasteiger partial charge in [-0.25, -0.2) is 4.79 Å². The molecule has 0 aliphatic rings. The fraction of sp³-hybridized carbons (Fsp3) is 0.571. The number of rotatable bonds is 3. The average molecular weight is 169 g/mol. The second-order valence-electron chi connectivity index (χ2n) is 2.36. The van der Waals surface area contributed by atoms with E-state index >= 15 is 0 Å². The predicted octanol–water partition coefficient (Wildman–Crippen LogP) is 0.475. The number of ether oxygens (including phenoxy) is 1. The second kappa shape index (κ2) is 3.85. The van der Waals surface area contributed by atoms with Crippen LogP contribution >= 0.6 is 0 Å². The number of aromatic nitrogens is 3. The lowest BCUT2D eigenvalue weighted by molar-refractivity contribution is 0.0594. The molecular formula is C7H11N3O2. The minimum Gasteiger partial charge on any atom is -0.464 e. The summed E-state index contributed by atoms with van der Waals surface area (Å²) in [6.45, 7) is 2.80. The lowest BCUT2D eigenvalue weighted by atomic mass is 10.4. The van der Waals surface area contributed by atoms with Crippen LogP contribution in [0.3, 0.4) is 0 Å². The quantitative estimate of drug-likeness (QED) is 0.617. The van der Waals surface area contributed by atoms with Crippen LogP contribution in [0, 0.1) is 0 Å². The van der Waals surface area contributed by atoms with E-state index in [9.17, 15) is 4.79 Å². The largest absolute Gasteiger partial charge is 0.464 e. The Morgan fingerprint density at radius 3 is 3.08 bits per heavy atom. The number of aryl methyl sites for hydroxylation is 1. The lowest BCUT2D eigenvalue weighted by Gasteiger charge is -1.92. The fourth-order valence-corrected chi connectivity index (χ4v) is 0.835. The van der Waals surface area contributed by atoms with Crippen molar-refractivity contribution in [2.75, 3.05) is 7.11 Å². The zero-order valence-electron chi connectivity index (χ0n) is 7.15. The minimum absolute atomic E-state index is 0.256. The molecule has 0 fully saturated rings. The molecule has 0 saturated carbocycles. The molecule has 5 nitrogen and oxygen atoms in total. The van der Waals surface area contributed by atoms with Crippen molar-refractivity contribution in [1.29, 1.82) is 0 Å². The summed E-state index contributed by atoms with van der Waals surface area (Å²) in [7, 11) is 1.32. The highest BCUT2D eigenvalue weighted by molar-refractivity contribution is 5.86. The first-order valence-corrected chi connectivity index (χ1v) is 3.76. The zero-order chi connectivity index (χ0) is 8.97. The molecule has 0 aromatic carbocycles. The van der Waals surface area contributed by atoms with Crippen LogP contribution in [0.1, 0.15) is 23.8 Å². The predicted molar refractivity (Wildman–Crippen MR) is 41.7 cm³/mol. The van der Waals surface area contributed by atoms with Crippen molar-refractivity contribution in [3.8, 4) is 0 Å². The molecule has 0 bridgehead atoms. The van der Waals surface area contributed by atoms with Crippen molar-refractivity contribution in [3.05, 3.63) is 11.9 Å². The summed E-state index contributed by atoms with van der Waals surface area (Å²) < 4.78 is 6.09. The van der Waals surface area contributed by atoms with Gasteiger partial charge >= 0.3 is 5.97 Å². The van der Waals surface area contributed by atoms with Crippen LogP contribution in [-0.4, -0.2) is 28.1 Å². The number of hydrogen-bond acceptors (Lipinski definition) is 4. The van der Waals surface area contributed by atoms with Crippen LogP contribution in [0.25, 0.3) is 0 Å². The van der Waals surface area contributed by atoms with Gasteiger partial charge < -0.3 is 4.74 Å². The Morgan fingerprint density at radius 2 is 2.50 bits per heavy atom. The van der Waals surface area contributed by atoms with Crippen LogP contribution in [0.15, 0.2) is 6.20 Å². The third-order valence-electron chi connectivity index (χ3n) is 1.39. The van der Waals surface area contributed by atoms with Crippen LogP contribution in [0.5, 0.6) is 0 Å². The summed E-state index contributed by atoms with van der Waals surface area (Å²) in [4.78, 5) is 10.9. The normalized spacial score (nSPS) is 9.83. The Bertz CT molecular complexity index is 269. The van der Waals surface area contributed by atoms with Crippen LogP contribution < -0.4 is 0 Å². The van der Waals surface area contributed by atoms with E-state index in [2.05, 4.69) is 15.0 Å². The summed E-state index contributed by atoms with van der Waals surface area (Å²) in [5.41, 5.74) is 0.256. The molecule has 1 aromatic heterocycles. The van der Waals surface area contributed by atoms with Crippen LogP contribution in [0.4, 0.5) is 0 Å². The Labute approximate surface area is 70.3 Å². The molecule has 66 valence electrons. The molecular weight excluding hydrogens is 158 g/mol. The van der Waals surface area contributed by atoms with Crippen molar-refractivity contribution in [1.82, 2.24) is 15.0 Å². The first kappa shape index (κ1) is 8.70. The Morgan fingerprint density at radius 1 is 1.75 bits per heavy atom. The van der Waals surface area contributed by atoms with Crippen molar-refractivity contribution in [2.45, 2.75) is 19.9 Å². The van der Waals surface area contributed by atoms with Gasteiger partial charge in [-0.3, -0.25) is 4.68 Å². The summed E-state index contributed by atoms with van der Waals surface area (Å²) >= 11 is 0. The third kappa shape index (κ3) is 1.81. The molecule has 0 aliphatic heterocycles. The maximum Gasteiger partial charge on any atom is 0.360 e. The fourth-order valence-electron chi connectivity index (χ4n) is 0.835. The third-order valence-corrected chi connectivity index (χ3v) is 1.39. The standard InChI is InChI=1S/C7H11N3O2/c1-3-4-10-5-6(8-9-10)7(11)12-2/h5H,3-4H2,1-2H3. The van der Waals surface area contributed by atoms with E-state index in [0.717, 1.165) is 13.0 Å². The lowest BCUT2D eigenvalue weighted by Crippen LogP contribution is -2.01. The van der Waals surface area contributed by atoms with Gasteiger partial charge in [0.25, 0.3) is 0 Å². The van der Waals surface area contributed by atoms with Gasteiger partial charge in [0.05, 0.1) is 13.3 Å². The number of hydrogen-bond donors (Lipinski definition) is 0. The Balaban J connectivity index is 2.70. The van der Waals surface area contributed by atoms with E-state index in [1.165, 1.54) is 7.11 Å². The molecule has 0 unspecified atom stereocenters. The van der Waals surface area contributed by atoms with Gasteiger partial charge in [-0.1, -0.05) is 12.1 Å². The van der Waals surface area contributed by atoms with E-state index in [1.54, 1.807) is 10.9 Å². The van der Waals surface area contributed by atoms with Crippen LogP contribution in [-0.2, 0) is 11.3 Å². The van der Waals surface area contributed by atoms with Gasteiger partial charge in [0.1, 0.15) is 0 Å². The maximum atomic E-state index is 10.9. The van der Waals surface area contributed by atoms with Gasteiger partial charge in [-0.2, -0.15) is 0 Å². The number of methoxy groups -OCH3 is 1. The number of nitrogens with zero attached hydrogens (tertiary/aromatic N) is 3. The topological polar surface area (TPSA) is 57.0 Å². The minimum atomic E-state index is -0.447. The van der Waals surface area contributed by atoms with Crippen molar-refractivity contribution >= 4 is 5.97 Å². The van der Waals surface area contributed by atoms with E-state index in [4.69, 9.17) is 0 Å². The van der Waals surface area contributed by atoms with Crippen molar-refractivity contribution in [3.63, 3.8) is 0 Å².